The molecule has 2 bridgehead atoms. The number of nitrogens with zero attached hydrogens (tertiary/aromatic N) is 1. The number of hydrogen-bond donors (Lipinski definition) is 1. The van der Waals surface area contributed by atoms with Crippen molar-refractivity contribution in [1.82, 2.24) is 4.90 Å². The summed E-state index contributed by atoms with van der Waals surface area (Å²) in [7, 11) is 0. The van der Waals surface area contributed by atoms with Gasteiger partial charge in [-0.05, 0) is 41.0 Å². The molecule has 1 aliphatic heterocycles. The van der Waals surface area contributed by atoms with Crippen molar-refractivity contribution in [2.75, 3.05) is 0 Å². The second-order valence-corrected chi connectivity index (χ2v) is 10.3. The van der Waals surface area contributed by atoms with Crippen LogP contribution >= 0.6 is 46.4 Å². The fourth-order valence-corrected chi connectivity index (χ4v) is 7.07. The van der Waals surface area contributed by atoms with Gasteiger partial charge < -0.3 is 5.11 Å². The van der Waals surface area contributed by atoms with E-state index in [9.17, 15) is 14.7 Å². The SMILES string of the molecule is O=C1C2C3c4c(Cl)ccc(Cl)c4C(O)(c4c(Cl)ccc(Cl)c43)C2C(=O)N1Cc1ccccc1. The first-order valence-corrected chi connectivity index (χ1v) is 11.9. The third kappa shape index (κ3) is 2.64. The van der Waals surface area contributed by atoms with Gasteiger partial charge in [0.25, 0.3) is 0 Å². The number of likely N-dealkylation sites (tertiary alicyclic amines) is 1. The Morgan fingerprint density at radius 1 is 0.758 bits per heavy atom. The van der Waals surface area contributed by atoms with Crippen molar-refractivity contribution in [2.45, 2.75) is 18.1 Å². The Morgan fingerprint density at radius 3 is 1.82 bits per heavy atom. The molecule has 1 fully saturated rings. The molecular weight excluding hydrogens is 504 g/mol. The van der Waals surface area contributed by atoms with Crippen LogP contribution in [-0.4, -0.2) is 21.8 Å². The smallest absolute Gasteiger partial charge is 0.237 e. The van der Waals surface area contributed by atoms with E-state index >= 15 is 0 Å². The summed E-state index contributed by atoms with van der Waals surface area (Å²) in [6.45, 7) is 0.101. The van der Waals surface area contributed by atoms with Gasteiger partial charge >= 0.3 is 0 Å². The Kier molecular flexibility index (Phi) is 4.69. The van der Waals surface area contributed by atoms with Crippen molar-refractivity contribution < 1.29 is 14.7 Å². The van der Waals surface area contributed by atoms with Gasteiger partial charge in [0.15, 0.2) is 0 Å². The highest BCUT2D eigenvalue weighted by Crippen LogP contribution is 2.67. The van der Waals surface area contributed by atoms with Crippen LogP contribution in [0.3, 0.4) is 0 Å². The van der Waals surface area contributed by atoms with Crippen LogP contribution in [0.5, 0.6) is 0 Å². The molecule has 4 aliphatic rings. The van der Waals surface area contributed by atoms with Gasteiger partial charge in [-0.3, -0.25) is 14.5 Å². The fraction of sp³-hybridized carbons (Fsp3) is 0.200. The number of rotatable bonds is 2. The predicted molar refractivity (Wildman–Crippen MR) is 127 cm³/mol. The summed E-state index contributed by atoms with van der Waals surface area (Å²) in [5.74, 6) is -3.47. The van der Waals surface area contributed by atoms with E-state index < -0.39 is 29.3 Å². The van der Waals surface area contributed by atoms with Crippen molar-refractivity contribution in [1.29, 1.82) is 0 Å². The molecule has 1 saturated heterocycles. The first-order chi connectivity index (χ1) is 15.8. The molecule has 8 heteroatoms. The van der Waals surface area contributed by atoms with E-state index in [1.807, 2.05) is 30.3 Å². The van der Waals surface area contributed by atoms with Crippen LogP contribution in [0, 0.1) is 11.8 Å². The van der Waals surface area contributed by atoms with Crippen molar-refractivity contribution >= 4 is 58.2 Å². The summed E-state index contributed by atoms with van der Waals surface area (Å²) in [6, 6.07) is 15.7. The molecule has 7 rings (SSSR count). The van der Waals surface area contributed by atoms with Crippen LogP contribution < -0.4 is 0 Å². The molecule has 2 unspecified atom stereocenters. The highest BCUT2D eigenvalue weighted by molar-refractivity contribution is 6.37. The normalized spacial score (nSPS) is 26.9. The Morgan fingerprint density at radius 2 is 1.27 bits per heavy atom. The molecule has 3 aliphatic carbocycles. The molecule has 1 N–H and O–H groups in total. The molecule has 3 aromatic rings. The van der Waals surface area contributed by atoms with Gasteiger partial charge in [0.2, 0.25) is 11.8 Å². The quantitative estimate of drug-likeness (QED) is 0.436. The lowest BCUT2D eigenvalue weighted by Crippen LogP contribution is -2.54. The molecular formula is C25H15Cl4NO3. The monoisotopic (exact) mass is 517 g/mol. The maximum absolute atomic E-state index is 13.8. The van der Waals surface area contributed by atoms with Crippen LogP contribution in [0.15, 0.2) is 54.6 Å². The molecule has 0 saturated carbocycles. The van der Waals surface area contributed by atoms with Gasteiger partial charge in [0.1, 0.15) is 5.60 Å². The van der Waals surface area contributed by atoms with E-state index in [1.54, 1.807) is 24.3 Å². The second-order valence-electron chi connectivity index (χ2n) is 8.63. The lowest BCUT2D eigenvalue weighted by atomic mass is 9.52. The van der Waals surface area contributed by atoms with E-state index in [0.717, 1.165) is 5.56 Å². The van der Waals surface area contributed by atoms with Gasteiger partial charge in [0.05, 0.1) is 18.4 Å². The number of halogens is 4. The summed E-state index contributed by atoms with van der Waals surface area (Å²) < 4.78 is 0. The molecule has 0 spiro atoms. The molecule has 0 aromatic heterocycles. The van der Waals surface area contributed by atoms with Crippen LogP contribution in [-0.2, 0) is 21.7 Å². The number of carbonyl (C=O) groups excluding carboxylic acids is 2. The third-order valence-corrected chi connectivity index (χ3v) is 8.39. The van der Waals surface area contributed by atoms with Gasteiger partial charge in [-0.15, -0.1) is 0 Å². The highest BCUT2D eigenvalue weighted by atomic mass is 35.5. The number of benzene rings is 3. The summed E-state index contributed by atoms with van der Waals surface area (Å²) >= 11 is 26.4. The number of aliphatic hydroxyl groups is 1. The van der Waals surface area contributed by atoms with Crippen LogP contribution in [0.25, 0.3) is 0 Å². The minimum Gasteiger partial charge on any atom is -0.379 e. The lowest BCUT2D eigenvalue weighted by molar-refractivity contribution is -0.142. The van der Waals surface area contributed by atoms with Crippen LogP contribution in [0.4, 0.5) is 0 Å². The molecule has 3 aromatic carbocycles. The summed E-state index contributed by atoms with van der Waals surface area (Å²) in [5, 5.41) is 13.6. The molecule has 1 heterocycles. The van der Waals surface area contributed by atoms with E-state index in [1.165, 1.54) is 4.90 Å². The van der Waals surface area contributed by atoms with Crippen molar-refractivity contribution in [3.8, 4) is 0 Å². The van der Waals surface area contributed by atoms with Gasteiger partial charge in [-0.1, -0.05) is 76.7 Å². The maximum Gasteiger partial charge on any atom is 0.237 e. The zero-order valence-corrected chi connectivity index (χ0v) is 19.9. The molecule has 166 valence electrons. The Balaban J connectivity index is 1.64. The molecule has 2 amide bonds. The number of carbonyl (C=O) groups is 2. The van der Waals surface area contributed by atoms with Gasteiger partial charge in [-0.25, -0.2) is 0 Å². The van der Waals surface area contributed by atoms with Crippen molar-refractivity contribution in [3.05, 3.63) is 103 Å². The maximum atomic E-state index is 13.8. The minimum absolute atomic E-state index is 0.101. The van der Waals surface area contributed by atoms with E-state index in [0.29, 0.717) is 32.3 Å². The average molecular weight is 519 g/mol. The van der Waals surface area contributed by atoms with Gasteiger partial charge in [0, 0.05) is 37.1 Å². The zero-order valence-electron chi connectivity index (χ0n) is 16.9. The molecule has 33 heavy (non-hydrogen) atoms. The minimum atomic E-state index is -1.95. The Labute approximate surface area is 209 Å². The summed E-state index contributed by atoms with van der Waals surface area (Å²) in [5.41, 5.74) is 0.537. The zero-order chi connectivity index (χ0) is 23.2. The van der Waals surface area contributed by atoms with E-state index in [-0.39, 0.29) is 22.5 Å². The van der Waals surface area contributed by atoms with Gasteiger partial charge in [-0.2, -0.15) is 0 Å². The second kappa shape index (κ2) is 7.21. The highest BCUT2D eigenvalue weighted by Gasteiger charge is 2.69. The average Bonchev–Trinajstić information content (AvgIpc) is 3.05. The number of hydrogen-bond acceptors (Lipinski definition) is 3. The Bertz CT molecular complexity index is 1310. The number of imide groups is 1. The van der Waals surface area contributed by atoms with E-state index in [4.69, 9.17) is 46.4 Å². The number of amides is 2. The first-order valence-electron chi connectivity index (χ1n) is 10.3. The van der Waals surface area contributed by atoms with E-state index in [2.05, 4.69) is 0 Å². The first kappa shape index (κ1) is 21.5. The molecule has 2 atom stereocenters. The van der Waals surface area contributed by atoms with Crippen LogP contribution in [0.2, 0.25) is 20.1 Å². The molecule has 0 radical (unpaired) electrons. The summed E-state index contributed by atoms with van der Waals surface area (Å²) in [4.78, 5) is 28.7. The fourth-order valence-electron chi connectivity index (χ4n) is 5.91. The Hall–Kier alpha value is -2.08. The summed E-state index contributed by atoms with van der Waals surface area (Å²) in [6.07, 6.45) is 0. The topological polar surface area (TPSA) is 57.6 Å². The largest absolute Gasteiger partial charge is 0.379 e. The van der Waals surface area contributed by atoms with Crippen molar-refractivity contribution in [3.63, 3.8) is 0 Å². The standard InChI is InChI=1S/C25H15Cl4NO3/c26-12-6-8-14(28)20-16(12)18-17-13(27)7-9-15(29)21(17)25(20,33)22-19(18)23(31)30(24(22)32)10-11-4-2-1-3-5-11/h1-9,18-19,22,33H,10H2. The lowest BCUT2D eigenvalue weighted by Gasteiger charge is -2.52. The molecule has 4 nitrogen and oxygen atoms in total. The third-order valence-electron chi connectivity index (χ3n) is 7.10. The van der Waals surface area contributed by atoms with Crippen molar-refractivity contribution in [2.24, 2.45) is 11.8 Å². The predicted octanol–water partition coefficient (Wildman–Crippen LogP) is 5.80. The van der Waals surface area contributed by atoms with Crippen LogP contribution in [0.1, 0.15) is 33.7 Å².